The number of carbonyl (C=O) groups excluding carboxylic acids is 5. The maximum Gasteiger partial charge on any atom is 0.243 e. The van der Waals surface area contributed by atoms with Crippen molar-refractivity contribution in [3.63, 3.8) is 0 Å². The number of nitrogens with zero attached hydrogens (tertiary/aromatic N) is 1. The largest absolute Gasteiger partial charge is 0.508 e. The lowest BCUT2D eigenvalue weighted by Gasteiger charge is -2.29. The molecule has 0 unspecified atom stereocenters. The van der Waals surface area contributed by atoms with Crippen molar-refractivity contribution >= 4 is 29.5 Å². The van der Waals surface area contributed by atoms with Crippen molar-refractivity contribution in [3.8, 4) is 5.75 Å². The first-order valence-electron chi connectivity index (χ1n) is 15.7. The molecule has 0 aromatic heterocycles. The second-order valence-electron chi connectivity index (χ2n) is 12.4. The van der Waals surface area contributed by atoms with E-state index in [4.69, 9.17) is 4.74 Å². The number of methoxy groups -OCH3 is 1. The number of aromatic hydroxyl groups is 1. The summed E-state index contributed by atoms with van der Waals surface area (Å²) in [5, 5.41) is 21.4. The summed E-state index contributed by atoms with van der Waals surface area (Å²) in [7, 11) is 1.52. The summed E-state index contributed by atoms with van der Waals surface area (Å²) in [6.45, 7) is 6.74. The van der Waals surface area contributed by atoms with Crippen LogP contribution in [-0.2, 0) is 35.1 Å². The number of phenolic OH excluding ortho intramolecular Hbond substituents is 1. The molecule has 2 aliphatic heterocycles. The molecular formula is C32H49N5O7. The number of nitrogens with one attached hydrogen (secondary N) is 4. The van der Waals surface area contributed by atoms with Crippen molar-refractivity contribution in [1.29, 1.82) is 0 Å². The number of hydrogen-bond donors (Lipinski definition) is 5. The second-order valence-corrected chi connectivity index (χ2v) is 12.4. The summed E-state index contributed by atoms with van der Waals surface area (Å²) >= 11 is 0. The highest BCUT2D eigenvalue weighted by molar-refractivity contribution is 5.89. The maximum absolute atomic E-state index is 13.6. The first kappa shape index (κ1) is 34.8. The molecule has 5 amide bonds. The fourth-order valence-electron chi connectivity index (χ4n) is 5.74. The van der Waals surface area contributed by atoms with E-state index in [0.717, 1.165) is 5.56 Å². The van der Waals surface area contributed by atoms with Crippen molar-refractivity contribution < 1.29 is 33.8 Å². The third-order valence-electron chi connectivity index (χ3n) is 8.35. The molecule has 1 aromatic carbocycles. The highest BCUT2D eigenvalue weighted by Gasteiger charge is 2.40. The molecule has 0 saturated carbocycles. The zero-order valence-electron chi connectivity index (χ0n) is 26.4. The summed E-state index contributed by atoms with van der Waals surface area (Å²) in [4.78, 5) is 67.0. The van der Waals surface area contributed by atoms with E-state index in [-0.39, 0.29) is 105 Å². The predicted octanol–water partition coefficient (Wildman–Crippen LogP) is 1.40. The smallest absolute Gasteiger partial charge is 0.243 e. The van der Waals surface area contributed by atoms with Gasteiger partial charge in [-0.3, -0.25) is 24.0 Å². The Morgan fingerprint density at radius 1 is 1.09 bits per heavy atom. The Kier molecular flexibility index (Phi) is 13.4. The molecule has 44 heavy (non-hydrogen) atoms. The number of amides is 5. The third-order valence-corrected chi connectivity index (χ3v) is 8.35. The average Bonchev–Trinajstić information content (AvgIpc) is 3.40. The van der Waals surface area contributed by atoms with E-state index < -0.39 is 12.1 Å². The fourth-order valence-corrected chi connectivity index (χ4v) is 5.74. The van der Waals surface area contributed by atoms with Gasteiger partial charge < -0.3 is 36.0 Å². The summed E-state index contributed by atoms with van der Waals surface area (Å²) in [5.74, 6) is -1.03. The van der Waals surface area contributed by atoms with Gasteiger partial charge in [0.2, 0.25) is 29.5 Å². The summed E-state index contributed by atoms with van der Waals surface area (Å²) in [5.41, 5.74) is 0.785. The molecule has 2 heterocycles. The molecule has 0 aliphatic carbocycles. The molecule has 2 saturated heterocycles. The minimum atomic E-state index is -0.818. The van der Waals surface area contributed by atoms with Crippen molar-refractivity contribution in [3.05, 3.63) is 29.8 Å². The second kappa shape index (κ2) is 17.0. The third kappa shape index (κ3) is 10.8. The number of fused-ring (bicyclic) bond motifs is 1. The van der Waals surface area contributed by atoms with Crippen LogP contribution < -0.4 is 21.3 Å². The van der Waals surface area contributed by atoms with Gasteiger partial charge in [0.05, 0.1) is 6.61 Å². The number of phenols is 1. The predicted molar refractivity (Wildman–Crippen MR) is 164 cm³/mol. The normalized spacial score (nSPS) is 26.2. The Morgan fingerprint density at radius 2 is 1.82 bits per heavy atom. The van der Waals surface area contributed by atoms with Crippen molar-refractivity contribution in [1.82, 2.24) is 26.2 Å². The van der Waals surface area contributed by atoms with Gasteiger partial charge in [-0.2, -0.15) is 0 Å². The zero-order valence-corrected chi connectivity index (χ0v) is 26.4. The number of rotatable bonds is 7. The Morgan fingerprint density at radius 3 is 2.50 bits per heavy atom. The maximum atomic E-state index is 13.6. The molecule has 12 heteroatoms. The molecular weight excluding hydrogens is 566 g/mol. The van der Waals surface area contributed by atoms with Crippen LogP contribution in [0.3, 0.4) is 0 Å². The standard InChI is InChI=1S/C32H49N5O7/c1-20(2)25-12-7-21(3)16-29(40)35-26(17-22-8-10-24(38)11-9-22)31(42)33-14-5-6-30(41)37-19-23(18-27(37)32(43)36-25)34-28(39)13-15-44-4/h8-11,20-21,23,25-27,38H,5-7,12-19H2,1-4H3,(H,33,42)(H,34,39)(H,35,40)(H,36,43)/t21-,23-,25+,26+,27+/m1/s1. The molecule has 0 spiro atoms. The van der Waals surface area contributed by atoms with Crippen molar-refractivity contribution in [2.45, 2.75) is 96.3 Å². The summed E-state index contributed by atoms with van der Waals surface area (Å²) in [6.07, 6.45) is 2.75. The van der Waals surface area contributed by atoms with Gasteiger partial charge in [0.1, 0.15) is 17.8 Å². The molecule has 0 bridgehead atoms. The van der Waals surface area contributed by atoms with Gasteiger partial charge in [-0.15, -0.1) is 0 Å². The van der Waals surface area contributed by atoms with Gasteiger partial charge in [-0.05, 0) is 55.2 Å². The first-order chi connectivity index (χ1) is 21.0. The van der Waals surface area contributed by atoms with Crippen LogP contribution in [0.4, 0.5) is 0 Å². The zero-order chi connectivity index (χ0) is 32.2. The summed E-state index contributed by atoms with van der Waals surface area (Å²) in [6, 6.07) is 4.44. The molecule has 12 nitrogen and oxygen atoms in total. The molecule has 244 valence electrons. The average molecular weight is 616 g/mol. The van der Waals surface area contributed by atoms with Gasteiger partial charge in [-0.1, -0.05) is 32.9 Å². The van der Waals surface area contributed by atoms with Crippen LogP contribution in [0.5, 0.6) is 5.75 Å². The van der Waals surface area contributed by atoms with E-state index in [9.17, 15) is 29.1 Å². The minimum Gasteiger partial charge on any atom is -0.508 e. The summed E-state index contributed by atoms with van der Waals surface area (Å²) < 4.78 is 4.99. The van der Waals surface area contributed by atoms with E-state index in [0.29, 0.717) is 25.7 Å². The van der Waals surface area contributed by atoms with Crippen LogP contribution in [-0.4, -0.2) is 90.5 Å². The molecule has 5 N–H and O–H groups in total. The van der Waals surface area contributed by atoms with Crippen LogP contribution in [0.15, 0.2) is 24.3 Å². The number of carbonyl (C=O) groups is 5. The van der Waals surface area contributed by atoms with E-state index >= 15 is 0 Å². The van der Waals surface area contributed by atoms with Crippen LogP contribution in [0.25, 0.3) is 0 Å². The minimum absolute atomic E-state index is 0.000620. The van der Waals surface area contributed by atoms with Gasteiger partial charge in [-0.25, -0.2) is 0 Å². The number of hydrogen-bond acceptors (Lipinski definition) is 7. The van der Waals surface area contributed by atoms with Gasteiger partial charge >= 0.3 is 0 Å². The van der Waals surface area contributed by atoms with E-state index in [1.54, 1.807) is 17.0 Å². The molecule has 0 radical (unpaired) electrons. The van der Waals surface area contributed by atoms with E-state index in [2.05, 4.69) is 21.3 Å². The Hall–Kier alpha value is -3.67. The first-order valence-corrected chi connectivity index (χ1v) is 15.7. The number of benzene rings is 1. The lowest BCUT2D eigenvalue weighted by Crippen LogP contribution is -2.50. The quantitative estimate of drug-likeness (QED) is 0.309. The highest BCUT2D eigenvalue weighted by atomic mass is 16.5. The van der Waals surface area contributed by atoms with Gasteiger partial charge in [0.25, 0.3) is 0 Å². The molecule has 2 fully saturated rings. The molecule has 1 aromatic rings. The lowest BCUT2D eigenvalue weighted by atomic mass is 9.92. The van der Waals surface area contributed by atoms with Crippen LogP contribution >= 0.6 is 0 Å². The Bertz CT molecular complexity index is 1140. The SMILES string of the molecule is COCCC(=O)N[C@@H]1C[C@H]2C(=O)N[C@H](C(C)C)CC[C@@H](C)CC(=O)N[C@@H](Cc3ccc(O)cc3)C(=O)NCCCC(=O)N2C1. The van der Waals surface area contributed by atoms with Crippen molar-refractivity contribution in [2.24, 2.45) is 11.8 Å². The van der Waals surface area contributed by atoms with Crippen LogP contribution in [0.2, 0.25) is 0 Å². The van der Waals surface area contributed by atoms with Gasteiger partial charge in [0.15, 0.2) is 0 Å². The van der Waals surface area contributed by atoms with Crippen LogP contribution in [0, 0.1) is 11.8 Å². The lowest BCUT2D eigenvalue weighted by molar-refractivity contribution is -0.139. The molecule has 5 atom stereocenters. The van der Waals surface area contributed by atoms with E-state index in [1.807, 2.05) is 20.8 Å². The Labute approximate surface area is 260 Å². The monoisotopic (exact) mass is 615 g/mol. The Balaban J connectivity index is 1.77. The van der Waals surface area contributed by atoms with Gasteiger partial charge in [0, 0.05) is 58.0 Å². The van der Waals surface area contributed by atoms with Crippen LogP contribution in [0.1, 0.15) is 71.3 Å². The molecule has 3 rings (SSSR count). The van der Waals surface area contributed by atoms with Crippen molar-refractivity contribution in [2.75, 3.05) is 26.8 Å². The van der Waals surface area contributed by atoms with E-state index in [1.165, 1.54) is 19.2 Å². The highest BCUT2D eigenvalue weighted by Crippen LogP contribution is 2.23. The molecule has 2 aliphatic rings. The fraction of sp³-hybridized carbons (Fsp3) is 0.656. The topological polar surface area (TPSA) is 166 Å². The number of ether oxygens (including phenoxy) is 1.